The first kappa shape index (κ1) is 21.4. The van der Waals surface area contributed by atoms with Gasteiger partial charge >= 0.3 is 0 Å². The van der Waals surface area contributed by atoms with Crippen LogP contribution in [0.3, 0.4) is 0 Å². The van der Waals surface area contributed by atoms with Crippen molar-refractivity contribution in [2.24, 2.45) is 7.05 Å². The first-order chi connectivity index (χ1) is 15.4. The van der Waals surface area contributed by atoms with Crippen molar-refractivity contribution in [2.75, 3.05) is 18.2 Å². The lowest BCUT2D eigenvalue weighted by Crippen LogP contribution is -2.25. The van der Waals surface area contributed by atoms with Gasteiger partial charge in [-0.15, -0.1) is 5.10 Å². The zero-order valence-electron chi connectivity index (χ0n) is 18.4. The summed E-state index contributed by atoms with van der Waals surface area (Å²) in [5, 5.41) is 18.5. The predicted molar refractivity (Wildman–Crippen MR) is 125 cm³/mol. The number of amides is 1. The molecule has 0 saturated heterocycles. The summed E-state index contributed by atoms with van der Waals surface area (Å²) in [6.07, 6.45) is 4.03. The van der Waals surface area contributed by atoms with Crippen molar-refractivity contribution in [3.63, 3.8) is 0 Å². The summed E-state index contributed by atoms with van der Waals surface area (Å²) < 4.78 is 7.11. The van der Waals surface area contributed by atoms with Gasteiger partial charge < -0.3 is 26.5 Å². The summed E-state index contributed by atoms with van der Waals surface area (Å²) in [6, 6.07) is 9.25. The van der Waals surface area contributed by atoms with E-state index in [4.69, 9.17) is 15.9 Å². The van der Waals surface area contributed by atoms with Crippen LogP contribution in [0.2, 0.25) is 0 Å². The maximum Gasteiger partial charge on any atom is 0.255 e. The van der Waals surface area contributed by atoms with Gasteiger partial charge in [-0.25, -0.2) is 4.68 Å². The van der Waals surface area contributed by atoms with Crippen LogP contribution in [0.25, 0.3) is 11.4 Å². The van der Waals surface area contributed by atoms with E-state index in [9.17, 15) is 4.79 Å². The van der Waals surface area contributed by atoms with Crippen LogP contribution in [0, 0.1) is 5.41 Å². The quantitative estimate of drug-likeness (QED) is 0.319. The van der Waals surface area contributed by atoms with Crippen LogP contribution in [-0.4, -0.2) is 40.0 Å². The Bertz CT molecular complexity index is 1180. The van der Waals surface area contributed by atoms with E-state index in [0.717, 1.165) is 29.7 Å². The number of hydrogen-bond acceptors (Lipinski definition) is 7. The molecule has 1 aliphatic rings. The maximum atomic E-state index is 12.5. The van der Waals surface area contributed by atoms with Crippen LogP contribution in [0.1, 0.15) is 41.3 Å². The molecule has 1 saturated carbocycles. The molecule has 0 spiro atoms. The Morgan fingerprint density at radius 2 is 2.12 bits per heavy atom. The second-order valence-corrected chi connectivity index (χ2v) is 7.76. The second kappa shape index (κ2) is 8.70. The highest BCUT2D eigenvalue weighted by molar-refractivity contribution is 5.98. The molecule has 3 aromatic rings. The molecular weight excluding hydrogens is 406 g/mol. The Kier molecular flexibility index (Phi) is 5.81. The van der Waals surface area contributed by atoms with E-state index in [0.29, 0.717) is 40.8 Å². The van der Waals surface area contributed by atoms with E-state index in [1.54, 1.807) is 37.0 Å². The van der Waals surface area contributed by atoms with Crippen molar-refractivity contribution >= 4 is 29.4 Å². The van der Waals surface area contributed by atoms with Crippen molar-refractivity contribution in [2.45, 2.75) is 32.2 Å². The molecule has 0 radical (unpaired) electrons. The minimum Gasteiger partial charge on any atom is -0.496 e. The number of aryl methyl sites for hydroxylation is 1. The largest absolute Gasteiger partial charge is 0.496 e. The summed E-state index contributed by atoms with van der Waals surface area (Å²) in [5.41, 5.74) is 10.3. The van der Waals surface area contributed by atoms with Gasteiger partial charge in [-0.05, 0) is 49.1 Å². The van der Waals surface area contributed by atoms with Crippen LogP contribution in [0.4, 0.5) is 17.3 Å². The number of rotatable bonds is 8. The molecule has 9 heteroatoms. The average Bonchev–Trinajstić information content (AvgIpc) is 3.54. The summed E-state index contributed by atoms with van der Waals surface area (Å²) in [5.74, 6) is 1.39. The lowest BCUT2D eigenvalue weighted by molar-refractivity contribution is 0.0948. The molecule has 2 aromatic carbocycles. The molecule has 0 atom stereocenters. The molecule has 1 aliphatic carbocycles. The topological polar surface area (TPSA) is 131 Å². The van der Waals surface area contributed by atoms with Gasteiger partial charge in [0.05, 0.1) is 12.7 Å². The van der Waals surface area contributed by atoms with E-state index < -0.39 is 0 Å². The van der Waals surface area contributed by atoms with Crippen LogP contribution in [0.15, 0.2) is 30.3 Å². The molecule has 1 amide bonds. The Morgan fingerprint density at radius 3 is 2.78 bits per heavy atom. The van der Waals surface area contributed by atoms with E-state index in [1.165, 1.54) is 6.21 Å². The molecule has 0 bridgehead atoms. The van der Waals surface area contributed by atoms with E-state index in [1.807, 2.05) is 19.1 Å². The Morgan fingerprint density at radius 1 is 1.34 bits per heavy atom. The van der Waals surface area contributed by atoms with Gasteiger partial charge in [0.25, 0.3) is 5.91 Å². The molecule has 4 rings (SSSR count). The highest BCUT2D eigenvalue weighted by Crippen LogP contribution is 2.30. The van der Waals surface area contributed by atoms with Gasteiger partial charge in [0.1, 0.15) is 5.75 Å². The number of carbonyl (C=O) groups excluding carboxylic acids is 1. The van der Waals surface area contributed by atoms with Crippen LogP contribution < -0.4 is 21.1 Å². The van der Waals surface area contributed by atoms with Crippen LogP contribution >= 0.6 is 0 Å². The van der Waals surface area contributed by atoms with Gasteiger partial charge in [-0.1, -0.05) is 13.0 Å². The number of methoxy groups -OCH3 is 1. The van der Waals surface area contributed by atoms with Crippen molar-refractivity contribution in [1.82, 2.24) is 20.1 Å². The average molecular weight is 434 g/mol. The third-order valence-corrected chi connectivity index (χ3v) is 5.52. The third-order valence-electron chi connectivity index (χ3n) is 5.52. The number of hydrogen-bond donors (Lipinski definition) is 4. The minimum absolute atomic E-state index is 0.135. The molecule has 32 heavy (non-hydrogen) atoms. The molecule has 1 heterocycles. The zero-order chi connectivity index (χ0) is 22.8. The number of aromatic nitrogens is 3. The van der Waals surface area contributed by atoms with Gasteiger partial charge in [0.15, 0.2) is 5.82 Å². The number of anilines is 3. The number of nitrogen functional groups attached to an aromatic ring is 1. The molecule has 0 unspecified atom stereocenters. The fourth-order valence-corrected chi connectivity index (χ4v) is 3.60. The lowest BCUT2D eigenvalue weighted by Gasteiger charge is -2.14. The van der Waals surface area contributed by atoms with E-state index in [2.05, 4.69) is 20.7 Å². The smallest absolute Gasteiger partial charge is 0.255 e. The van der Waals surface area contributed by atoms with Crippen LogP contribution in [-0.2, 0) is 13.5 Å². The number of nitrogens with one attached hydrogen (secondary N) is 3. The molecular formula is C23H27N7O2. The highest BCUT2D eigenvalue weighted by atomic mass is 16.5. The van der Waals surface area contributed by atoms with E-state index >= 15 is 0 Å². The molecule has 1 fully saturated rings. The Labute approximate surface area is 186 Å². The normalized spacial score (nSPS) is 13.0. The molecule has 9 nitrogen and oxygen atoms in total. The Balaban J connectivity index is 1.63. The highest BCUT2D eigenvalue weighted by Gasteiger charge is 2.25. The monoisotopic (exact) mass is 433 g/mol. The number of benzene rings is 2. The SMILES string of the molecule is CCc1c(Nc2nc(-c3ccc(C(=O)NC4CC4)c(OC)c3)nn2C)ccc(N)c1C=N. The van der Waals surface area contributed by atoms with Crippen molar-refractivity contribution < 1.29 is 9.53 Å². The fraction of sp³-hybridized carbons (Fsp3) is 0.304. The molecule has 166 valence electrons. The summed E-state index contributed by atoms with van der Waals surface area (Å²) >= 11 is 0. The summed E-state index contributed by atoms with van der Waals surface area (Å²) in [6.45, 7) is 2.02. The maximum absolute atomic E-state index is 12.5. The molecule has 0 aliphatic heterocycles. The molecule has 1 aromatic heterocycles. The van der Waals surface area contributed by atoms with Crippen molar-refractivity contribution in [3.8, 4) is 17.1 Å². The van der Waals surface area contributed by atoms with Crippen molar-refractivity contribution in [3.05, 3.63) is 47.0 Å². The summed E-state index contributed by atoms with van der Waals surface area (Å²) in [7, 11) is 3.34. The molecule has 5 N–H and O–H groups in total. The van der Waals surface area contributed by atoms with Gasteiger partial charge in [0.2, 0.25) is 5.95 Å². The zero-order valence-corrected chi connectivity index (χ0v) is 18.4. The van der Waals surface area contributed by atoms with Crippen LogP contribution in [0.5, 0.6) is 5.75 Å². The minimum atomic E-state index is -0.135. The Hall–Kier alpha value is -3.88. The third kappa shape index (κ3) is 4.14. The number of nitrogens with two attached hydrogens (primary N) is 1. The van der Waals surface area contributed by atoms with Gasteiger partial charge in [-0.2, -0.15) is 4.98 Å². The lowest BCUT2D eigenvalue weighted by atomic mass is 10.0. The van der Waals surface area contributed by atoms with Gasteiger partial charge in [0, 0.05) is 41.8 Å². The predicted octanol–water partition coefficient (Wildman–Crippen LogP) is 3.27. The first-order valence-corrected chi connectivity index (χ1v) is 10.5. The number of nitrogens with zero attached hydrogens (tertiary/aromatic N) is 3. The number of ether oxygens (including phenoxy) is 1. The fourth-order valence-electron chi connectivity index (χ4n) is 3.60. The van der Waals surface area contributed by atoms with Gasteiger partial charge in [-0.3, -0.25) is 4.79 Å². The first-order valence-electron chi connectivity index (χ1n) is 10.5. The van der Waals surface area contributed by atoms with Crippen molar-refractivity contribution in [1.29, 1.82) is 5.41 Å². The second-order valence-electron chi connectivity index (χ2n) is 7.76. The standard InChI is InChI=1S/C23H27N7O2/c1-4-15-17(12-24)18(25)9-10-19(15)27-23-28-21(29-30(23)2)13-5-8-16(20(11-13)32-3)22(31)26-14-6-7-14/h5,8-12,14,24H,4,6-7,25H2,1-3H3,(H,26,31)(H,27,28,29). The number of carbonyl (C=O) groups is 1. The van der Waals surface area contributed by atoms with E-state index in [-0.39, 0.29) is 11.9 Å². The summed E-state index contributed by atoms with van der Waals surface area (Å²) in [4.78, 5) is 17.1.